The van der Waals surface area contributed by atoms with Gasteiger partial charge in [0.15, 0.2) is 11.5 Å². The molecule has 20 heavy (non-hydrogen) atoms. The van der Waals surface area contributed by atoms with Crippen molar-refractivity contribution in [2.45, 2.75) is 51.0 Å². The zero-order chi connectivity index (χ0) is 13.9. The summed E-state index contributed by atoms with van der Waals surface area (Å²) in [6, 6.07) is 2.95. The van der Waals surface area contributed by atoms with E-state index >= 15 is 0 Å². The fourth-order valence-electron chi connectivity index (χ4n) is 2.77. The first-order valence-corrected chi connectivity index (χ1v) is 7.51. The van der Waals surface area contributed by atoms with Crippen molar-refractivity contribution < 1.29 is 18.3 Å². The number of hydrogen-bond acceptors (Lipinski definition) is 2. The first-order chi connectivity index (χ1) is 9.74. The van der Waals surface area contributed by atoms with Crippen molar-refractivity contribution in [3.8, 4) is 11.5 Å². The van der Waals surface area contributed by atoms with E-state index in [4.69, 9.17) is 9.47 Å². The summed E-state index contributed by atoms with van der Waals surface area (Å²) >= 11 is 0. The second kappa shape index (κ2) is 5.98. The van der Waals surface area contributed by atoms with E-state index in [-0.39, 0.29) is 17.6 Å². The van der Waals surface area contributed by atoms with Crippen LogP contribution in [0.4, 0.5) is 8.78 Å². The van der Waals surface area contributed by atoms with Gasteiger partial charge in [-0.2, -0.15) is 8.78 Å². The zero-order valence-corrected chi connectivity index (χ0v) is 11.5. The predicted octanol–water partition coefficient (Wildman–Crippen LogP) is 4.47. The fourth-order valence-corrected chi connectivity index (χ4v) is 2.77. The Kier molecular flexibility index (Phi) is 4.08. The SMILES string of the molecule is Fc1c(OCC2CCCC2)ccc(OC2CCC2)c1F. The summed E-state index contributed by atoms with van der Waals surface area (Å²) in [7, 11) is 0. The van der Waals surface area contributed by atoms with Gasteiger partial charge >= 0.3 is 0 Å². The first kappa shape index (κ1) is 13.7. The Balaban J connectivity index is 1.63. The standard InChI is InChI=1S/C16H20F2O2/c17-15-13(19-10-11-4-1-2-5-11)8-9-14(16(15)18)20-12-6-3-7-12/h8-9,11-12H,1-7,10H2. The molecule has 2 aliphatic carbocycles. The molecule has 110 valence electrons. The molecule has 0 heterocycles. The number of benzene rings is 1. The van der Waals surface area contributed by atoms with Gasteiger partial charge in [-0.3, -0.25) is 0 Å². The van der Waals surface area contributed by atoms with Gasteiger partial charge in [-0.15, -0.1) is 0 Å². The van der Waals surface area contributed by atoms with Gasteiger partial charge in [0.1, 0.15) is 0 Å². The predicted molar refractivity (Wildman–Crippen MR) is 72.1 cm³/mol. The lowest BCUT2D eigenvalue weighted by Crippen LogP contribution is -2.25. The number of halogens is 2. The number of ether oxygens (including phenoxy) is 2. The van der Waals surface area contributed by atoms with Crippen molar-refractivity contribution >= 4 is 0 Å². The Bertz CT molecular complexity index is 466. The van der Waals surface area contributed by atoms with Gasteiger partial charge in [0.2, 0.25) is 11.6 Å². The number of hydrogen-bond donors (Lipinski definition) is 0. The molecule has 0 bridgehead atoms. The van der Waals surface area contributed by atoms with Crippen molar-refractivity contribution in [3.05, 3.63) is 23.8 Å². The minimum absolute atomic E-state index is 0.000386. The van der Waals surface area contributed by atoms with Crippen LogP contribution in [0.1, 0.15) is 44.9 Å². The molecule has 0 aliphatic heterocycles. The number of rotatable bonds is 5. The molecule has 1 aromatic rings. The van der Waals surface area contributed by atoms with Gasteiger partial charge in [0.25, 0.3) is 0 Å². The monoisotopic (exact) mass is 282 g/mol. The third-order valence-corrected chi connectivity index (χ3v) is 4.31. The molecule has 2 nitrogen and oxygen atoms in total. The Morgan fingerprint density at radius 1 is 0.900 bits per heavy atom. The van der Waals surface area contributed by atoms with Crippen LogP contribution in [0.2, 0.25) is 0 Å². The Morgan fingerprint density at radius 3 is 2.20 bits per heavy atom. The van der Waals surface area contributed by atoms with E-state index in [1.807, 2.05) is 0 Å². The second-order valence-electron chi connectivity index (χ2n) is 5.82. The van der Waals surface area contributed by atoms with Gasteiger partial charge in [-0.1, -0.05) is 12.8 Å². The third kappa shape index (κ3) is 2.89. The van der Waals surface area contributed by atoms with Crippen LogP contribution in [-0.4, -0.2) is 12.7 Å². The van der Waals surface area contributed by atoms with Crippen LogP contribution < -0.4 is 9.47 Å². The largest absolute Gasteiger partial charge is 0.490 e. The van der Waals surface area contributed by atoms with Gasteiger partial charge in [-0.25, -0.2) is 0 Å². The molecule has 0 spiro atoms. The summed E-state index contributed by atoms with van der Waals surface area (Å²) in [4.78, 5) is 0. The fraction of sp³-hybridized carbons (Fsp3) is 0.625. The quantitative estimate of drug-likeness (QED) is 0.793. The maximum atomic E-state index is 13.9. The van der Waals surface area contributed by atoms with Gasteiger partial charge < -0.3 is 9.47 Å². The van der Waals surface area contributed by atoms with Crippen LogP contribution in [0.3, 0.4) is 0 Å². The molecule has 0 atom stereocenters. The summed E-state index contributed by atoms with van der Waals surface area (Å²) in [5, 5.41) is 0. The molecular formula is C16H20F2O2. The average molecular weight is 282 g/mol. The Morgan fingerprint density at radius 2 is 1.55 bits per heavy atom. The van der Waals surface area contributed by atoms with Crippen LogP contribution in [0.15, 0.2) is 12.1 Å². The normalized spacial score (nSPS) is 19.9. The lowest BCUT2D eigenvalue weighted by atomic mass is 9.96. The molecule has 0 radical (unpaired) electrons. The van der Waals surface area contributed by atoms with Gasteiger partial charge in [0, 0.05) is 0 Å². The Labute approximate surface area is 118 Å². The third-order valence-electron chi connectivity index (χ3n) is 4.31. The summed E-state index contributed by atoms with van der Waals surface area (Å²) in [6.07, 6.45) is 7.62. The molecule has 4 heteroatoms. The summed E-state index contributed by atoms with van der Waals surface area (Å²) < 4.78 is 38.7. The van der Waals surface area contributed by atoms with E-state index in [1.165, 1.54) is 25.0 Å². The molecule has 0 saturated heterocycles. The molecule has 1 aromatic carbocycles. The van der Waals surface area contributed by atoms with E-state index in [0.29, 0.717) is 12.5 Å². The molecule has 0 amide bonds. The maximum Gasteiger partial charge on any atom is 0.204 e. The van der Waals surface area contributed by atoms with Gasteiger partial charge in [-0.05, 0) is 50.2 Å². The van der Waals surface area contributed by atoms with E-state index in [1.54, 1.807) is 0 Å². The van der Waals surface area contributed by atoms with Crippen molar-refractivity contribution in [1.82, 2.24) is 0 Å². The lowest BCUT2D eigenvalue weighted by molar-refractivity contribution is 0.113. The molecule has 0 unspecified atom stereocenters. The van der Waals surface area contributed by atoms with Crippen molar-refractivity contribution in [3.63, 3.8) is 0 Å². The van der Waals surface area contributed by atoms with Crippen LogP contribution in [0.5, 0.6) is 11.5 Å². The molecule has 0 N–H and O–H groups in total. The highest BCUT2D eigenvalue weighted by atomic mass is 19.2. The van der Waals surface area contributed by atoms with Crippen LogP contribution in [0.25, 0.3) is 0 Å². The smallest absolute Gasteiger partial charge is 0.204 e. The minimum Gasteiger partial charge on any atom is -0.490 e. The highest BCUT2D eigenvalue weighted by molar-refractivity contribution is 5.35. The molecule has 0 aromatic heterocycles. The molecular weight excluding hydrogens is 262 g/mol. The first-order valence-electron chi connectivity index (χ1n) is 7.51. The van der Waals surface area contributed by atoms with Crippen molar-refractivity contribution in [2.24, 2.45) is 5.92 Å². The minimum atomic E-state index is -0.931. The van der Waals surface area contributed by atoms with Crippen molar-refractivity contribution in [1.29, 1.82) is 0 Å². The Hall–Kier alpha value is -1.32. The van der Waals surface area contributed by atoms with Crippen LogP contribution >= 0.6 is 0 Å². The second-order valence-corrected chi connectivity index (χ2v) is 5.82. The van der Waals surface area contributed by atoms with Crippen LogP contribution in [-0.2, 0) is 0 Å². The van der Waals surface area contributed by atoms with Crippen molar-refractivity contribution in [2.75, 3.05) is 6.61 Å². The lowest BCUT2D eigenvalue weighted by Gasteiger charge is -2.26. The molecule has 2 fully saturated rings. The molecule has 2 aliphatic rings. The van der Waals surface area contributed by atoms with Crippen LogP contribution in [0, 0.1) is 17.6 Å². The summed E-state index contributed by atoms with van der Waals surface area (Å²) in [6.45, 7) is 0.471. The van der Waals surface area contributed by atoms with E-state index in [9.17, 15) is 8.78 Å². The zero-order valence-electron chi connectivity index (χ0n) is 11.5. The van der Waals surface area contributed by atoms with E-state index in [0.717, 1.165) is 32.1 Å². The highest BCUT2D eigenvalue weighted by Gasteiger charge is 2.23. The summed E-state index contributed by atoms with van der Waals surface area (Å²) in [5.41, 5.74) is 0. The van der Waals surface area contributed by atoms with E-state index in [2.05, 4.69) is 0 Å². The molecule has 3 rings (SSSR count). The maximum absolute atomic E-state index is 13.9. The highest BCUT2D eigenvalue weighted by Crippen LogP contribution is 2.32. The summed E-state index contributed by atoms with van der Waals surface area (Å²) in [5.74, 6) is -1.39. The molecule has 2 saturated carbocycles. The van der Waals surface area contributed by atoms with Gasteiger partial charge in [0.05, 0.1) is 12.7 Å². The average Bonchev–Trinajstić information content (AvgIpc) is 2.90. The van der Waals surface area contributed by atoms with E-state index < -0.39 is 11.6 Å². The topological polar surface area (TPSA) is 18.5 Å².